The van der Waals surface area contributed by atoms with Crippen molar-refractivity contribution in [2.45, 2.75) is 160 Å². The molecule has 0 saturated carbocycles. The van der Waals surface area contributed by atoms with E-state index in [2.05, 4.69) is 73.4 Å². The molecule has 7 rings (SSSR count). The van der Waals surface area contributed by atoms with Gasteiger partial charge in [-0.05, 0) is 124 Å². The van der Waals surface area contributed by atoms with Crippen LogP contribution in [0.2, 0.25) is 0 Å². The number of carbonyl (C=O) groups excluding carboxylic acids is 13. The van der Waals surface area contributed by atoms with Crippen molar-refractivity contribution in [2.24, 2.45) is 23.3 Å². The van der Waals surface area contributed by atoms with E-state index in [1.54, 1.807) is 50.4 Å². The van der Waals surface area contributed by atoms with E-state index >= 15 is 9.59 Å². The van der Waals surface area contributed by atoms with E-state index in [1.165, 1.54) is 84.3 Å². The summed E-state index contributed by atoms with van der Waals surface area (Å²) in [5.74, 6) is -16.1. The van der Waals surface area contributed by atoms with Gasteiger partial charge in [0.05, 0.1) is 57.6 Å². The smallest absolute Gasteiger partial charge is 0.340 e. The summed E-state index contributed by atoms with van der Waals surface area (Å²) in [7, 11) is 0. The molecule has 3 aromatic carbocycles. The van der Waals surface area contributed by atoms with Crippen molar-refractivity contribution in [1.29, 1.82) is 0 Å². The number of imidazole rings is 1. The molecule has 0 bridgehead atoms. The summed E-state index contributed by atoms with van der Waals surface area (Å²) in [4.78, 5) is 240. The molecular formula is C83H111N19O24S2. The maximum absolute atomic E-state index is 15.0. The number of nitrogens with zero attached hydrogens (tertiary/aromatic N) is 4. The highest BCUT2D eigenvalue weighted by atomic mass is 32.2. The van der Waals surface area contributed by atoms with Crippen LogP contribution in [0.15, 0.2) is 91.2 Å². The zero-order valence-corrected chi connectivity index (χ0v) is 73.3. The number of allylic oxidation sites excluding steroid dienone is 1. The summed E-state index contributed by atoms with van der Waals surface area (Å²) < 4.78 is 12.1. The first-order chi connectivity index (χ1) is 60.6. The first-order valence-electron chi connectivity index (χ1n) is 41.1. The topological polar surface area (TPSA) is 648 Å². The molecule has 1 spiro atoms. The number of primary amides is 2. The van der Waals surface area contributed by atoms with Crippen LogP contribution in [0.4, 0.5) is 5.69 Å². The summed E-state index contributed by atoms with van der Waals surface area (Å²) in [6.45, 7) is 4.73. The minimum absolute atomic E-state index is 0.0345. The predicted molar refractivity (Wildman–Crippen MR) is 466 cm³/mol. The molecule has 0 saturated heterocycles. The van der Waals surface area contributed by atoms with Crippen molar-refractivity contribution >= 4 is 146 Å². The van der Waals surface area contributed by atoms with Crippen molar-refractivity contribution in [2.75, 3.05) is 89.3 Å². The number of carbonyl (C=O) groups is 17. The quantitative estimate of drug-likeness (QED) is 0.0122. The third kappa shape index (κ3) is 32.1. The summed E-state index contributed by atoms with van der Waals surface area (Å²) in [5.41, 5.74) is 12.0. The number of aliphatic carboxylic acids is 4. The van der Waals surface area contributed by atoms with Gasteiger partial charge >= 0.3 is 29.8 Å². The van der Waals surface area contributed by atoms with Crippen molar-refractivity contribution in [3.8, 4) is 11.5 Å². The number of phenolic OH excluding ortho intramolecular Hbond substituents is 1. The van der Waals surface area contributed by atoms with E-state index < -0.39 is 207 Å². The number of aromatic nitrogens is 3. The lowest BCUT2D eigenvalue weighted by Crippen LogP contribution is -2.60. The van der Waals surface area contributed by atoms with Crippen molar-refractivity contribution in [3.05, 3.63) is 119 Å². The van der Waals surface area contributed by atoms with E-state index in [0.29, 0.717) is 39.0 Å². The lowest BCUT2D eigenvalue weighted by atomic mass is 9.82. The average Bonchev–Trinajstić information content (AvgIpc) is 1.57. The number of fused-ring (bicyclic) bond motifs is 5. The number of hydrogen-bond donors (Lipinski definition) is 20. The molecule has 4 heterocycles. The van der Waals surface area contributed by atoms with Gasteiger partial charge in [0.15, 0.2) is 10.7 Å². The van der Waals surface area contributed by atoms with Crippen LogP contribution in [-0.4, -0.2) is 293 Å². The molecule has 0 radical (unpaired) electrons. The Balaban J connectivity index is 1.08. The van der Waals surface area contributed by atoms with Gasteiger partial charge in [0, 0.05) is 110 Å². The van der Waals surface area contributed by atoms with Crippen LogP contribution in [0, 0.1) is 11.8 Å². The summed E-state index contributed by atoms with van der Waals surface area (Å²) in [6, 6.07) is 4.54. The highest BCUT2D eigenvalue weighted by Gasteiger charge is 2.50. The minimum Gasteiger partial charge on any atom is -0.508 e. The number of aromatic hydroxyl groups is 1. The van der Waals surface area contributed by atoms with E-state index in [-0.39, 0.29) is 129 Å². The van der Waals surface area contributed by atoms with Crippen molar-refractivity contribution < 1.29 is 117 Å². The molecule has 9 atom stereocenters. The van der Waals surface area contributed by atoms with E-state index in [4.69, 9.17) is 33.2 Å². The molecule has 11 amide bonds. The number of ketones is 1. The van der Waals surface area contributed by atoms with E-state index in [0.717, 1.165) is 4.90 Å². The fourth-order valence-corrected chi connectivity index (χ4v) is 14.8. The maximum Gasteiger partial charge on any atom is 0.340 e. The van der Waals surface area contributed by atoms with Gasteiger partial charge in [0.2, 0.25) is 65.0 Å². The molecule has 2 aliphatic heterocycles. The molecule has 694 valence electrons. The molecule has 2 aliphatic rings. The lowest BCUT2D eigenvalue weighted by Gasteiger charge is -2.33. The van der Waals surface area contributed by atoms with Crippen LogP contribution in [0.1, 0.15) is 126 Å². The number of ether oxygens (including phenoxy) is 2. The number of rotatable bonds is 55. The second-order valence-corrected chi connectivity index (χ2v) is 33.0. The first-order valence-corrected chi connectivity index (χ1v) is 42.9. The Morgan fingerprint density at radius 3 is 1.80 bits per heavy atom. The third-order valence-corrected chi connectivity index (χ3v) is 21.2. The number of benzene rings is 3. The monoisotopic (exact) mass is 1820 g/mol. The van der Waals surface area contributed by atoms with Gasteiger partial charge in [0.25, 0.3) is 0 Å². The maximum atomic E-state index is 15.0. The van der Waals surface area contributed by atoms with Crippen molar-refractivity contribution in [3.63, 3.8) is 0 Å². The largest absolute Gasteiger partial charge is 0.508 e. The highest BCUT2D eigenvalue weighted by Crippen LogP contribution is 2.51. The first kappa shape index (κ1) is 102. The molecule has 9 unspecified atom stereocenters. The molecule has 0 fully saturated rings. The van der Waals surface area contributed by atoms with Gasteiger partial charge in [-0.2, -0.15) is 11.8 Å². The van der Waals surface area contributed by atoms with Crippen molar-refractivity contribution in [1.82, 2.24) is 82.8 Å². The number of thiocarbonyl (C=S) groups is 1. The average molecular weight is 1820 g/mol. The second-order valence-electron chi connectivity index (χ2n) is 31.6. The molecule has 22 N–H and O–H groups in total. The second kappa shape index (κ2) is 49.1. The number of anilines is 1. The molecule has 43 nitrogen and oxygen atoms in total. The van der Waals surface area contributed by atoms with Gasteiger partial charge < -0.3 is 115 Å². The zero-order chi connectivity index (χ0) is 94.2. The number of H-pyrrole nitrogens is 2. The Bertz CT molecular complexity index is 4890. The SMILES string of the molecule is CSCCC(NC(=O)C(CC(C)C)NC(=O)C(Cc1cnc[nH]1)NC(=O)CNC(=O)C(NC(=O)C(C)NC(=O)C(Cc1c[nH]c2ccccc12)NC(=O)C(CCC(N)=O)NC(=O)C(CCCCNC(=O)CN(CCN(CCN(CC(=O)O)CC(=O)O)CC(=O)O)CC(=O)O)NC(=S)Nc1ccc2c(c1)C(=O)OC21C=C(CC(C)=O)Oc2cc(O)ccc21)C(C)C)C(N)=O. The number of thioether (sulfide) groups is 1. The van der Waals surface area contributed by atoms with E-state index in [9.17, 15) is 97.5 Å². The molecule has 5 aromatic rings. The Labute approximate surface area is 745 Å². The zero-order valence-electron chi connectivity index (χ0n) is 71.7. The standard InChI is InChI=1S/C83H111N19O24S2/c1-44(2)28-61(78(121)94-58(73(85)116)21-27-128-7)96-79(122)63(32-50-36-86-43-90-50)93-66(106)37-89-80(123)72(45(3)4)99-74(117)47(6)91-77(120)62(30-48-35-88-57-13-9-8-12-53(48)57)97-76(119)60(19-20-65(84)105)95-75(118)59(14-10-11-22-87-67(107)38-101(40-69(110)111)25-23-100(39-68(108)109)24-26-102(41-70(112)113)42-71(114)115)98-82(127)92-49-15-17-55-54(31-49)81(124)126-83(55)34-52(29-46(5)103)125-64-33-51(104)16-18-56(64)83/h8-9,12-13,15-18,31,33-36,43-45,47,58-63,72,88,104H,10-11,14,19-30,32,37-42H2,1-7H3,(H2,84,105)(H2,85,116)(H,86,90)(H,87,107)(H,89,123)(H,91,120)(H,93,106)(H,94,121)(H,95,118)(H,96,122)(H,97,119)(H,99,117)(H,108,109)(H,110,111)(H,112,113)(H,114,115)(H2,92,98,127). The summed E-state index contributed by atoms with van der Waals surface area (Å²) in [5, 5.41) is 78.3. The number of amides is 11. The Morgan fingerprint density at radius 1 is 0.602 bits per heavy atom. The van der Waals surface area contributed by atoms with Gasteiger partial charge in [-0.15, -0.1) is 0 Å². The van der Waals surface area contributed by atoms with Crippen LogP contribution in [0.3, 0.4) is 0 Å². The fourth-order valence-electron chi connectivity index (χ4n) is 14.1. The number of nitrogens with one attached hydrogen (secondary N) is 13. The number of carboxylic acid groups (broad SMARTS) is 4. The number of carboxylic acids is 4. The van der Waals surface area contributed by atoms with E-state index in [1.807, 2.05) is 20.1 Å². The number of hydrogen-bond acceptors (Lipinski definition) is 26. The molecular weight excluding hydrogens is 1710 g/mol. The highest BCUT2D eigenvalue weighted by molar-refractivity contribution is 7.98. The summed E-state index contributed by atoms with van der Waals surface area (Å²) in [6.07, 6.45) is 6.43. The van der Waals surface area contributed by atoms with Gasteiger partial charge in [-0.3, -0.25) is 91.4 Å². The Hall–Kier alpha value is -13.1. The molecule has 45 heteroatoms. The van der Waals surface area contributed by atoms with Crippen LogP contribution in [-0.2, 0) is 99.9 Å². The minimum atomic E-state index is -1.68. The normalized spacial score (nSPS) is 15.1. The number of Topliss-reactive ketones (excluding diaryl/α,β-unsaturated/α-hetero) is 1. The number of aromatic amines is 2. The lowest BCUT2D eigenvalue weighted by molar-refractivity contribution is -0.143. The van der Waals surface area contributed by atoms with Gasteiger partial charge in [-0.1, -0.05) is 52.0 Å². The Morgan fingerprint density at radius 2 is 1.19 bits per heavy atom. The van der Waals surface area contributed by atoms with Crippen LogP contribution in [0.25, 0.3) is 10.9 Å². The number of esters is 1. The number of nitrogens with two attached hydrogens (primary N) is 2. The predicted octanol–water partition coefficient (Wildman–Crippen LogP) is -1.33. The number of para-hydroxylation sites is 1. The number of unbranched alkanes of at least 4 members (excludes halogenated alkanes) is 1. The molecule has 2 aromatic heterocycles. The van der Waals surface area contributed by atoms with Gasteiger partial charge in [-0.25, -0.2) is 9.78 Å². The van der Waals surface area contributed by atoms with Crippen LogP contribution < -0.4 is 74.7 Å². The Kier molecular flexibility index (Phi) is 39.1. The van der Waals surface area contributed by atoms with Crippen LogP contribution >= 0.6 is 24.0 Å². The van der Waals surface area contributed by atoms with Gasteiger partial charge in [0.1, 0.15) is 71.4 Å². The molecule has 0 aliphatic carbocycles. The van der Waals surface area contributed by atoms with Crippen LogP contribution in [0.5, 0.6) is 11.5 Å². The number of phenols is 1. The summed E-state index contributed by atoms with van der Waals surface area (Å²) >= 11 is 7.24. The molecule has 128 heavy (non-hydrogen) atoms. The third-order valence-electron chi connectivity index (χ3n) is 20.4. The fraction of sp³-hybridized carbons (Fsp3) is 0.482.